The van der Waals surface area contributed by atoms with Gasteiger partial charge in [-0.1, -0.05) is 19.1 Å². The summed E-state index contributed by atoms with van der Waals surface area (Å²) >= 11 is 0. The van der Waals surface area contributed by atoms with Gasteiger partial charge >= 0.3 is 0 Å². The predicted octanol–water partition coefficient (Wildman–Crippen LogP) is 3.16. The molecule has 0 heterocycles. The van der Waals surface area contributed by atoms with Gasteiger partial charge in [0.05, 0.1) is 14.2 Å². The van der Waals surface area contributed by atoms with E-state index in [1.807, 2.05) is 26.0 Å². The highest BCUT2D eigenvalue weighted by molar-refractivity contribution is 5.95. The Bertz CT molecular complexity index is 782. The number of ether oxygens (including phenoxy) is 2. The third-order valence-corrected chi connectivity index (χ3v) is 4.25. The molecule has 144 valence electrons. The average Bonchev–Trinajstić information content (AvgIpc) is 2.71. The molecular weight excluding hydrogens is 344 g/mol. The first-order valence-corrected chi connectivity index (χ1v) is 8.87. The van der Waals surface area contributed by atoms with Crippen molar-refractivity contribution in [2.75, 3.05) is 14.2 Å². The zero-order chi connectivity index (χ0) is 19.8. The van der Waals surface area contributed by atoms with Gasteiger partial charge in [0.1, 0.15) is 11.5 Å². The maximum atomic E-state index is 12.5. The molecule has 0 bridgehead atoms. The maximum absolute atomic E-state index is 12.5. The van der Waals surface area contributed by atoms with Crippen molar-refractivity contribution in [3.63, 3.8) is 0 Å². The van der Waals surface area contributed by atoms with Crippen molar-refractivity contribution in [2.24, 2.45) is 0 Å². The van der Waals surface area contributed by atoms with E-state index >= 15 is 0 Å². The Morgan fingerprint density at radius 3 is 2.22 bits per heavy atom. The standard InChI is InChI=1S/C21H26N2O4/c1-5-14(2)23-21(25)16-8-6-7-15(9-16)13-22-20(24)17-10-18(26-3)12-19(11-17)27-4/h6-12,14H,5,13H2,1-4H3,(H,22,24)(H,23,25). The zero-order valence-electron chi connectivity index (χ0n) is 16.2. The summed E-state index contributed by atoms with van der Waals surface area (Å²) in [4.78, 5) is 24.7. The van der Waals surface area contributed by atoms with E-state index in [9.17, 15) is 9.59 Å². The fourth-order valence-corrected chi connectivity index (χ4v) is 2.45. The molecule has 2 amide bonds. The lowest BCUT2D eigenvalue weighted by molar-refractivity contribution is 0.0936. The van der Waals surface area contributed by atoms with E-state index in [1.165, 1.54) is 14.2 Å². The van der Waals surface area contributed by atoms with Crippen LogP contribution in [0, 0.1) is 0 Å². The summed E-state index contributed by atoms with van der Waals surface area (Å²) in [7, 11) is 3.07. The molecule has 0 saturated carbocycles. The second-order valence-corrected chi connectivity index (χ2v) is 6.27. The number of carbonyl (C=O) groups is 2. The van der Waals surface area contributed by atoms with Crippen molar-refractivity contribution in [1.29, 1.82) is 0 Å². The molecule has 0 radical (unpaired) electrons. The molecular formula is C21H26N2O4. The topological polar surface area (TPSA) is 76.7 Å². The van der Waals surface area contributed by atoms with E-state index in [2.05, 4.69) is 10.6 Å². The van der Waals surface area contributed by atoms with Gasteiger partial charge in [-0.25, -0.2) is 0 Å². The molecule has 6 nitrogen and oxygen atoms in total. The molecule has 1 unspecified atom stereocenters. The number of carbonyl (C=O) groups excluding carboxylic acids is 2. The molecule has 0 aliphatic heterocycles. The minimum Gasteiger partial charge on any atom is -0.497 e. The van der Waals surface area contributed by atoms with E-state index in [-0.39, 0.29) is 17.9 Å². The summed E-state index contributed by atoms with van der Waals surface area (Å²) in [6, 6.07) is 12.3. The van der Waals surface area contributed by atoms with Gasteiger partial charge in [0, 0.05) is 29.8 Å². The first-order valence-electron chi connectivity index (χ1n) is 8.87. The molecule has 2 aromatic carbocycles. The molecule has 0 aliphatic carbocycles. The first-order chi connectivity index (χ1) is 13.0. The maximum Gasteiger partial charge on any atom is 0.251 e. The van der Waals surface area contributed by atoms with Crippen molar-refractivity contribution in [1.82, 2.24) is 10.6 Å². The summed E-state index contributed by atoms with van der Waals surface area (Å²) in [6.07, 6.45) is 0.867. The second-order valence-electron chi connectivity index (χ2n) is 6.27. The Morgan fingerprint density at radius 2 is 1.63 bits per heavy atom. The SMILES string of the molecule is CCC(C)NC(=O)c1cccc(CNC(=O)c2cc(OC)cc(OC)c2)c1. The second kappa shape index (κ2) is 9.62. The molecule has 0 aliphatic rings. The van der Waals surface area contributed by atoms with Gasteiger partial charge in [0.15, 0.2) is 0 Å². The van der Waals surface area contributed by atoms with Crippen LogP contribution in [-0.2, 0) is 6.54 Å². The molecule has 2 N–H and O–H groups in total. The molecule has 0 spiro atoms. The summed E-state index contributed by atoms with van der Waals surface area (Å²) in [6.45, 7) is 4.29. The van der Waals surface area contributed by atoms with Crippen molar-refractivity contribution >= 4 is 11.8 Å². The van der Waals surface area contributed by atoms with Crippen molar-refractivity contribution < 1.29 is 19.1 Å². The Hall–Kier alpha value is -3.02. The molecule has 6 heteroatoms. The van der Waals surface area contributed by atoms with E-state index in [1.54, 1.807) is 30.3 Å². The van der Waals surface area contributed by atoms with Crippen LogP contribution in [0.2, 0.25) is 0 Å². The van der Waals surface area contributed by atoms with Gasteiger partial charge in [-0.05, 0) is 43.2 Å². The zero-order valence-corrected chi connectivity index (χ0v) is 16.2. The Morgan fingerprint density at radius 1 is 0.963 bits per heavy atom. The Kier molecular flexibility index (Phi) is 7.23. The third-order valence-electron chi connectivity index (χ3n) is 4.25. The van der Waals surface area contributed by atoms with Crippen molar-refractivity contribution in [3.05, 3.63) is 59.2 Å². The van der Waals surface area contributed by atoms with Crippen LogP contribution < -0.4 is 20.1 Å². The van der Waals surface area contributed by atoms with Gasteiger partial charge in [0.2, 0.25) is 0 Å². The van der Waals surface area contributed by atoms with Crippen LogP contribution in [0.3, 0.4) is 0 Å². The highest BCUT2D eigenvalue weighted by atomic mass is 16.5. The summed E-state index contributed by atoms with van der Waals surface area (Å²) in [5.74, 6) is 0.725. The molecule has 0 saturated heterocycles. The lowest BCUT2D eigenvalue weighted by atomic mass is 10.1. The molecule has 0 fully saturated rings. The van der Waals surface area contributed by atoms with Crippen LogP contribution in [-0.4, -0.2) is 32.1 Å². The van der Waals surface area contributed by atoms with Crippen LogP contribution in [0.25, 0.3) is 0 Å². The molecule has 27 heavy (non-hydrogen) atoms. The minimum atomic E-state index is -0.248. The first kappa shape index (κ1) is 20.3. The smallest absolute Gasteiger partial charge is 0.251 e. The van der Waals surface area contributed by atoms with Gasteiger partial charge in [-0.3, -0.25) is 9.59 Å². The fourth-order valence-electron chi connectivity index (χ4n) is 2.45. The van der Waals surface area contributed by atoms with Crippen LogP contribution in [0.4, 0.5) is 0 Å². The Labute approximate surface area is 159 Å². The number of nitrogens with one attached hydrogen (secondary N) is 2. The van der Waals surface area contributed by atoms with Gasteiger partial charge in [-0.2, -0.15) is 0 Å². The number of amides is 2. The molecule has 2 rings (SSSR count). The highest BCUT2D eigenvalue weighted by Gasteiger charge is 2.11. The minimum absolute atomic E-state index is 0.115. The number of hydrogen-bond acceptors (Lipinski definition) is 4. The average molecular weight is 370 g/mol. The monoisotopic (exact) mass is 370 g/mol. The predicted molar refractivity (Wildman–Crippen MR) is 104 cm³/mol. The highest BCUT2D eigenvalue weighted by Crippen LogP contribution is 2.22. The number of methoxy groups -OCH3 is 2. The number of rotatable bonds is 8. The van der Waals surface area contributed by atoms with Crippen molar-refractivity contribution in [2.45, 2.75) is 32.9 Å². The largest absolute Gasteiger partial charge is 0.497 e. The van der Waals surface area contributed by atoms with E-state index < -0.39 is 0 Å². The number of benzene rings is 2. The van der Waals surface area contributed by atoms with Gasteiger partial charge in [-0.15, -0.1) is 0 Å². The quantitative estimate of drug-likeness (QED) is 0.748. The third kappa shape index (κ3) is 5.74. The molecule has 0 aromatic heterocycles. The van der Waals surface area contributed by atoms with E-state index in [0.29, 0.717) is 29.2 Å². The summed E-state index contributed by atoms with van der Waals surface area (Å²) in [5.41, 5.74) is 1.86. The van der Waals surface area contributed by atoms with E-state index in [0.717, 1.165) is 12.0 Å². The summed E-state index contributed by atoms with van der Waals surface area (Å²) < 4.78 is 10.4. The van der Waals surface area contributed by atoms with Crippen LogP contribution in [0.15, 0.2) is 42.5 Å². The van der Waals surface area contributed by atoms with Crippen LogP contribution >= 0.6 is 0 Å². The number of hydrogen-bond donors (Lipinski definition) is 2. The molecule has 2 aromatic rings. The van der Waals surface area contributed by atoms with Crippen LogP contribution in [0.1, 0.15) is 46.5 Å². The van der Waals surface area contributed by atoms with E-state index in [4.69, 9.17) is 9.47 Å². The van der Waals surface area contributed by atoms with Crippen LogP contribution in [0.5, 0.6) is 11.5 Å². The fraction of sp³-hybridized carbons (Fsp3) is 0.333. The van der Waals surface area contributed by atoms with Gasteiger partial charge < -0.3 is 20.1 Å². The van der Waals surface area contributed by atoms with Gasteiger partial charge in [0.25, 0.3) is 11.8 Å². The summed E-state index contributed by atoms with van der Waals surface area (Å²) in [5, 5.41) is 5.79. The molecule has 1 atom stereocenters. The normalized spacial score (nSPS) is 11.4. The lowest BCUT2D eigenvalue weighted by Crippen LogP contribution is -2.32. The van der Waals surface area contributed by atoms with Crippen molar-refractivity contribution in [3.8, 4) is 11.5 Å². The Balaban J connectivity index is 2.05. The lowest BCUT2D eigenvalue weighted by Gasteiger charge is -2.12.